The molecule has 0 unspecified atom stereocenters. The van der Waals surface area contributed by atoms with Crippen LogP contribution in [0, 0.1) is 0 Å². The molecule has 22 heavy (non-hydrogen) atoms. The highest BCUT2D eigenvalue weighted by Gasteiger charge is 2.12. The van der Waals surface area contributed by atoms with Gasteiger partial charge in [-0.05, 0) is 35.4 Å². The molecule has 7 heteroatoms. The third-order valence-electron chi connectivity index (χ3n) is 2.93. The van der Waals surface area contributed by atoms with Crippen LogP contribution in [0.4, 0.5) is 6.01 Å². The Morgan fingerprint density at radius 3 is 2.77 bits per heavy atom. The zero-order valence-electron chi connectivity index (χ0n) is 11.8. The van der Waals surface area contributed by atoms with Crippen molar-refractivity contribution in [2.24, 2.45) is 0 Å². The van der Waals surface area contributed by atoms with Gasteiger partial charge in [0.1, 0.15) is 0 Å². The van der Waals surface area contributed by atoms with Crippen molar-refractivity contribution in [3.05, 3.63) is 47.3 Å². The third kappa shape index (κ3) is 3.55. The number of nitrogens with one attached hydrogen (secondary N) is 1. The van der Waals surface area contributed by atoms with Gasteiger partial charge >= 0.3 is 6.01 Å². The minimum Gasteiger partial charge on any atom is -0.402 e. The number of thioether (sulfide) groups is 1. The number of thiophene rings is 1. The molecule has 1 N–H and O–H groups in total. The molecule has 0 bridgehead atoms. The number of anilines is 1. The standard InChI is InChI=1S/C15H13N3O2S2/c1-21-11-6-4-10(5-7-11)9-13(19)16-15-18-17-14(20-15)12-3-2-8-22-12/h2-8H,9H2,1H3,(H,16,18,19). The number of carbonyl (C=O) groups excluding carboxylic acids is 1. The first kappa shape index (κ1) is 14.8. The Bertz CT molecular complexity index is 751. The summed E-state index contributed by atoms with van der Waals surface area (Å²) in [5.41, 5.74) is 0.938. The number of nitrogens with zero attached hydrogens (tertiary/aromatic N) is 2. The molecule has 3 rings (SSSR count). The summed E-state index contributed by atoms with van der Waals surface area (Å²) in [4.78, 5) is 14.0. The van der Waals surface area contributed by atoms with Gasteiger partial charge in [0.2, 0.25) is 5.91 Å². The largest absolute Gasteiger partial charge is 0.402 e. The van der Waals surface area contributed by atoms with Gasteiger partial charge in [0.05, 0.1) is 11.3 Å². The van der Waals surface area contributed by atoms with Gasteiger partial charge in [-0.1, -0.05) is 23.3 Å². The lowest BCUT2D eigenvalue weighted by Gasteiger charge is -2.02. The molecule has 3 aromatic rings. The van der Waals surface area contributed by atoms with Crippen LogP contribution < -0.4 is 5.32 Å². The average Bonchev–Trinajstić information content (AvgIpc) is 3.19. The zero-order valence-corrected chi connectivity index (χ0v) is 13.4. The van der Waals surface area contributed by atoms with Gasteiger partial charge in [0.25, 0.3) is 5.89 Å². The predicted octanol–water partition coefficient (Wildman–Crippen LogP) is 3.70. The van der Waals surface area contributed by atoms with E-state index >= 15 is 0 Å². The van der Waals surface area contributed by atoms with Gasteiger partial charge in [-0.25, -0.2) is 0 Å². The van der Waals surface area contributed by atoms with Crippen molar-refractivity contribution in [3.63, 3.8) is 0 Å². The van der Waals surface area contributed by atoms with E-state index in [4.69, 9.17) is 4.42 Å². The maximum Gasteiger partial charge on any atom is 0.322 e. The second-order valence-corrected chi connectivity index (χ2v) is 6.29. The van der Waals surface area contributed by atoms with E-state index in [1.54, 1.807) is 11.8 Å². The quantitative estimate of drug-likeness (QED) is 0.722. The van der Waals surface area contributed by atoms with Gasteiger partial charge in [-0.15, -0.1) is 28.2 Å². The maximum absolute atomic E-state index is 12.0. The van der Waals surface area contributed by atoms with E-state index in [1.807, 2.05) is 48.0 Å². The highest BCUT2D eigenvalue weighted by molar-refractivity contribution is 7.98. The average molecular weight is 331 g/mol. The van der Waals surface area contributed by atoms with Crippen molar-refractivity contribution in [2.75, 3.05) is 11.6 Å². The van der Waals surface area contributed by atoms with Crippen LogP contribution >= 0.6 is 23.1 Å². The highest BCUT2D eigenvalue weighted by Crippen LogP contribution is 2.24. The lowest BCUT2D eigenvalue weighted by atomic mass is 10.1. The number of carbonyl (C=O) groups is 1. The first-order valence-corrected chi connectivity index (χ1v) is 8.65. The first-order valence-electron chi connectivity index (χ1n) is 6.55. The SMILES string of the molecule is CSc1ccc(CC(=O)Nc2nnc(-c3cccs3)o2)cc1. The Kier molecular flexibility index (Phi) is 4.55. The van der Waals surface area contributed by atoms with Crippen LogP contribution in [-0.4, -0.2) is 22.4 Å². The second kappa shape index (κ2) is 6.76. The first-order chi connectivity index (χ1) is 10.7. The molecule has 0 fully saturated rings. The summed E-state index contributed by atoms with van der Waals surface area (Å²) >= 11 is 3.17. The number of rotatable bonds is 5. The van der Waals surface area contributed by atoms with Crippen molar-refractivity contribution in [1.29, 1.82) is 0 Å². The van der Waals surface area contributed by atoms with E-state index in [0.717, 1.165) is 10.4 Å². The third-order valence-corrected chi connectivity index (χ3v) is 4.53. The van der Waals surface area contributed by atoms with E-state index in [0.29, 0.717) is 5.89 Å². The molecule has 0 spiro atoms. The number of hydrogen-bond acceptors (Lipinski definition) is 6. The van der Waals surface area contributed by atoms with Gasteiger partial charge in [-0.3, -0.25) is 10.1 Å². The molecule has 1 aromatic carbocycles. The summed E-state index contributed by atoms with van der Waals surface area (Å²) in [5.74, 6) is 0.230. The molecule has 0 saturated heterocycles. The minimum absolute atomic E-state index is 0.120. The van der Waals surface area contributed by atoms with Gasteiger partial charge in [0, 0.05) is 4.90 Å². The van der Waals surface area contributed by atoms with Crippen LogP contribution in [-0.2, 0) is 11.2 Å². The van der Waals surface area contributed by atoms with Crippen LogP contribution in [0.1, 0.15) is 5.56 Å². The monoisotopic (exact) mass is 331 g/mol. The predicted molar refractivity (Wildman–Crippen MR) is 88.2 cm³/mol. The fourth-order valence-corrected chi connectivity index (χ4v) is 2.92. The van der Waals surface area contributed by atoms with Gasteiger partial charge in [0.15, 0.2) is 0 Å². The Morgan fingerprint density at radius 1 is 1.27 bits per heavy atom. The minimum atomic E-state index is -0.182. The van der Waals surface area contributed by atoms with Gasteiger partial charge in [-0.2, -0.15) is 0 Å². The van der Waals surface area contributed by atoms with Crippen molar-refractivity contribution in [2.45, 2.75) is 11.3 Å². The van der Waals surface area contributed by atoms with Crippen LogP contribution in [0.15, 0.2) is 51.1 Å². The molecule has 2 heterocycles. The lowest BCUT2D eigenvalue weighted by molar-refractivity contribution is -0.115. The summed E-state index contributed by atoms with van der Waals surface area (Å²) in [6.45, 7) is 0. The Morgan fingerprint density at radius 2 is 2.09 bits per heavy atom. The molecule has 0 radical (unpaired) electrons. The van der Waals surface area contributed by atoms with Crippen molar-refractivity contribution >= 4 is 35.0 Å². The second-order valence-electron chi connectivity index (χ2n) is 4.46. The van der Waals surface area contributed by atoms with Crippen molar-refractivity contribution in [1.82, 2.24) is 10.2 Å². The summed E-state index contributed by atoms with van der Waals surface area (Å²) in [7, 11) is 0. The fraction of sp³-hybridized carbons (Fsp3) is 0.133. The molecule has 5 nitrogen and oxygen atoms in total. The molecular weight excluding hydrogens is 318 g/mol. The number of benzene rings is 1. The summed E-state index contributed by atoms with van der Waals surface area (Å²) in [6.07, 6.45) is 2.29. The lowest BCUT2D eigenvalue weighted by Crippen LogP contribution is -2.14. The number of amides is 1. The highest BCUT2D eigenvalue weighted by atomic mass is 32.2. The zero-order chi connectivity index (χ0) is 15.4. The van der Waals surface area contributed by atoms with E-state index in [9.17, 15) is 4.79 Å². The molecule has 1 amide bonds. The molecule has 112 valence electrons. The summed E-state index contributed by atoms with van der Waals surface area (Å²) in [5, 5.41) is 12.3. The van der Waals surface area contributed by atoms with Crippen LogP contribution in [0.3, 0.4) is 0 Å². The Labute approximate surface area is 135 Å². The van der Waals surface area contributed by atoms with Gasteiger partial charge < -0.3 is 4.42 Å². The van der Waals surface area contributed by atoms with E-state index in [2.05, 4.69) is 15.5 Å². The molecule has 0 aliphatic heterocycles. The Balaban J connectivity index is 1.61. The maximum atomic E-state index is 12.0. The van der Waals surface area contributed by atoms with Crippen molar-refractivity contribution in [3.8, 4) is 10.8 Å². The fourth-order valence-electron chi connectivity index (χ4n) is 1.87. The van der Waals surface area contributed by atoms with E-state index < -0.39 is 0 Å². The van der Waals surface area contributed by atoms with E-state index in [1.165, 1.54) is 16.2 Å². The summed E-state index contributed by atoms with van der Waals surface area (Å²) < 4.78 is 5.43. The van der Waals surface area contributed by atoms with Crippen LogP contribution in [0.2, 0.25) is 0 Å². The molecule has 2 aromatic heterocycles. The number of hydrogen-bond donors (Lipinski definition) is 1. The topological polar surface area (TPSA) is 68.0 Å². The molecule has 0 atom stereocenters. The molecular formula is C15H13N3O2S2. The molecule has 0 aliphatic rings. The smallest absolute Gasteiger partial charge is 0.322 e. The Hall–Kier alpha value is -2.12. The van der Waals surface area contributed by atoms with Crippen LogP contribution in [0.5, 0.6) is 0 Å². The summed E-state index contributed by atoms with van der Waals surface area (Å²) in [6, 6.07) is 11.8. The number of aromatic nitrogens is 2. The van der Waals surface area contributed by atoms with Crippen LogP contribution in [0.25, 0.3) is 10.8 Å². The van der Waals surface area contributed by atoms with E-state index in [-0.39, 0.29) is 18.3 Å². The molecule has 0 saturated carbocycles. The van der Waals surface area contributed by atoms with Crippen molar-refractivity contribution < 1.29 is 9.21 Å². The normalized spacial score (nSPS) is 10.6. The molecule has 0 aliphatic carbocycles.